The van der Waals surface area contributed by atoms with Crippen LogP contribution in [-0.2, 0) is 11.3 Å². The number of fused-ring (bicyclic) bond motifs is 1. The fraction of sp³-hybridized carbons (Fsp3) is 0.208. The van der Waals surface area contributed by atoms with Crippen molar-refractivity contribution in [2.45, 2.75) is 24.7 Å². The Labute approximate surface area is 184 Å². The second kappa shape index (κ2) is 9.22. The number of nitrogens with zero attached hydrogens (tertiary/aromatic N) is 3. The van der Waals surface area contributed by atoms with Gasteiger partial charge in [0.25, 0.3) is 5.56 Å². The van der Waals surface area contributed by atoms with E-state index in [2.05, 4.69) is 0 Å². The van der Waals surface area contributed by atoms with Crippen LogP contribution in [0.1, 0.15) is 24.3 Å². The molecular formula is C24H23N3O3S. The van der Waals surface area contributed by atoms with Gasteiger partial charge in [0.15, 0.2) is 5.16 Å². The molecule has 1 unspecified atom stereocenters. The molecule has 2 aromatic carbocycles. The van der Waals surface area contributed by atoms with Crippen LogP contribution in [0.4, 0.5) is 0 Å². The molecule has 0 saturated heterocycles. The van der Waals surface area contributed by atoms with Gasteiger partial charge in [-0.3, -0.25) is 14.2 Å². The monoisotopic (exact) mass is 433 g/mol. The number of amides is 1. The molecule has 31 heavy (non-hydrogen) atoms. The molecule has 1 atom stereocenters. The Balaban J connectivity index is 1.64. The summed E-state index contributed by atoms with van der Waals surface area (Å²) in [6, 6.07) is 20.5. The molecule has 0 fully saturated rings. The lowest BCUT2D eigenvalue weighted by Gasteiger charge is -2.21. The highest BCUT2D eigenvalue weighted by Gasteiger charge is 2.20. The molecule has 4 aromatic rings. The number of benzene rings is 2. The third-order valence-electron chi connectivity index (χ3n) is 5.17. The van der Waals surface area contributed by atoms with Crippen LogP contribution in [-0.4, -0.2) is 33.2 Å². The smallest absolute Gasteiger partial charge is 0.262 e. The molecule has 0 aliphatic rings. The van der Waals surface area contributed by atoms with E-state index in [4.69, 9.17) is 9.40 Å². The highest BCUT2D eigenvalue weighted by molar-refractivity contribution is 7.99. The Morgan fingerprint density at radius 3 is 2.58 bits per heavy atom. The summed E-state index contributed by atoms with van der Waals surface area (Å²) in [5, 5.41) is 1.09. The van der Waals surface area contributed by atoms with Crippen molar-refractivity contribution in [3.8, 4) is 0 Å². The van der Waals surface area contributed by atoms with Crippen molar-refractivity contribution < 1.29 is 9.21 Å². The first-order valence-electron chi connectivity index (χ1n) is 10.00. The second-order valence-corrected chi connectivity index (χ2v) is 8.23. The number of hydrogen-bond donors (Lipinski definition) is 0. The highest BCUT2D eigenvalue weighted by atomic mass is 32.2. The minimum Gasteiger partial charge on any atom is -0.467 e. The van der Waals surface area contributed by atoms with E-state index in [-0.39, 0.29) is 23.3 Å². The summed E-state index contributed by atoms with van der Waals surface area (Å²) in [7, 11) is 1.74. The van der Waals surface area contributed by atoms with Crippen LogP contribution in [0.5, 0.6) is 0 Å². The Hall–Kier alpha value is -3.32. The molecule has 2 aromatic heterocycles. The number of thioether (sulfide) groups is 1. The topological polar surface area (TPSA) is 68.3 Å². The van der Waals surface area contributed by atoms with Crippen LogP contribution in [0.15, 0.2) is 87.4 Å². The fourth-order valence-corrected chi connectivity index (χ4v) is 4.43. The standard InChI is InChI=1S/C24H23N3O3S/c1-17(18-9-4-3-5-10-18)27-23(29)20-12-6-7-13-21(20)25-24(27)31-16-22(28)26(2)15-19-11-8-14-30-19/h3-14,17H,15-16H2,1-2H3. The van der Waals surface area contributed by atoms with Gasteiger partial charge in [-0.05, 0) is 36.8 Å². The number of carbonyl (C=O) groups is 1. The molecule has 0 bridgehead atoms. The van der Waals surface area contributed by atoms with Crippen molar-refractivity contribution in [3.05, 3.63) is 94.7 Å². The van der Waals surface area contributed by atoms with Gasteiger partial charge in [0, 0.05) is 7.05 Å². The van der Waals surface area contributed by atoms with Crippen molar-refractivity contribution in [2.75, 3.05) is 12.8 Å². The minimum absolute atomic E-state index is 0.0669. The molecule has 158 valence electrons. The van der Waals surface area contributed by atoms with Crippen molar-refractivity contribution >= 4 is 28.6 Å². The fourth-order valence-electron chi connectivity index (χ4n) is 3.41. The minimum atomic E-state index is -0.218. The summed E-state index contributed by atoms with van der Waals surface area (Å²) >= 11 is 1.28. The van der Waals surface area contributed by atoms with E-state index in [0.29, 0.717) is 22.6 Å². The summed E-state index contributed by atoms with van der Waals surface area (Å²) in [6.07, 6.45) is 1.59. The van der Waals surface area contributed by atoms with Crippen molar-refractivity contribution in [1.82, 2.24) is 14.5 Å². The summed E-state index contributed by atoms with van der Waals surface area (Å²) in [5.74, 6) is 0.825. The van der Waals surface area contributed by atoms with E-state index in [1.54, 1.807) is 34.9 Å². The van der Waals surface area contributed by atoms with Crippen LogP contribution in [0, 0.1) is 0 Å². The number of furan rings is 1. The van der Waals surface area contributed by atoms with E-state index in [1.807, 2.05) is 61.5 Å². The van der Waals surface area contributed by atoms with E-state index in [9.17, 15) is 9.59 Å². The molecule has 7 heteroatoms. The number of hydrogen-bond acceptors (Lipinski definition) is 5. The number of carbonyl (C=O) groups excluding carboxylic acids is 1. The molecule has 4 rings (SSSR count). The van der Waals surface area contributed by atoms with Gasteiger partial charge in [-0.25, -0.2) is 4.98 Å². The van der Waals surface area contributed by atoms with Crippen molar-refractivity contribution in [1.29, 1.82) is 0 Å². The number of para-hydroxylation sites is 1. The van der Waals surface area contributed by atoms with Gasteiger partial charge in [-0.1, -0.05) is 54.2 Å². The van der Waals surface area contributed by atoms with E-state index >= 15 is 0 Å². The molecule has 0 aliphatic heterocycles. The maximum absolute atomic E-state index is 13.4. The average molecular weight is 434 g/mol. The van der Waals surface area contributed by atoms with E-state index < -0.39 is 0 Å². The zero-order valence-corrected chi connectivity index (χ0v) is 18.2. The molecule has 0 aliphatic carbocycles. The number of aromatic nitrogens is 2. The van der Waals surface area contributed by atoms with Gasteiger partial charge < -0.3 is 9.32 Å². The first-order valence-corrected chi connectivity index (χ1v) is 11.0. The van der Waals surface area contributed by atoms with Crippen LogP contribution in [0.2, 0.25) is 0 Å². The van der Waals surface area contributed by atoms with Crippen molar-refractivity contribution in [3.63, 3.8) is 0 Å². The Bertz CT molecular complexity index is 1240. The van der Waals surface area contributed by atoms with Crippen LogP contribution in [0.3, 0.4) is 0 Å². The zero-order valence-electron chi connectivity index (χ0n) is 17.4. The third kappa shape index (κ3) is 4.56. The molecule has 2 heterocycles. The molecule has 6 nitrogen and oxygen atoms in total. The molecule has 1 amide bonds. The predicted molar refractivity (Wildman–Crippen MR) is 122 cm³/mol. The lowest BCUT2D eigenvalue weighted by molar-refractivity contribution is -0.127. The summed E-state index contributed by atoms with van der Waals surface area (Å²) in [6.45, 7) is 2.37. The number of rotatable bonds is 7. The van der Waals surface area contributed by atoms with Gasteiger partial charge >= 0.3 is 0 Å². The lowest BCUT2D eigenvalue weighted by Crippen LogP contribution is -2.29. The third-order valence-corrected chi connectivity index (χ3v) is 6.11. The maximum Gasteiger partial charge on any atom is 0.262 e. The highest BCUT2D eigenvalue weighted by Crippen LogP contribution is 2.25. The lowest BCUT2D eigenvalue weighted by atomic mass is 10.1. The van der Waals surface area contributed by atoms with Gasteiger partial charge in [0.2, 0.25) is 5.91 Å². The maximum atomic E-state index is 13.4. The molecule has 0 N–H and O–H groups in total. The quantitative estimate of drug-likeness (QED) is 0.320. The summed E-state index contributed by atoms with van der Waals surface area (Å²) < 4.78 is 7.00. The summed E-state index contributed by atoms with van der Waals surface area (Å²) in [5.41, 5.74) is 1.52. The predicted octanol–water partition coefficient (Wildman–Crippen LogP) is 4.35. The van der Waals surface area contributed by atoms with E-state index in [0.717, 1.165) is 11.3 Å². The second-order valence-electron chi connectivity index (χ2n) is 7.29. The van der Waals surface area contributed by atoms with Gasteiger partial charge in [-0.2, -0.15) is 0 Å². The van der Waals surface area contributed by atoms with Crippen molar-refractivity contribution in [2.24, 2.45) is 0 Å². The molecule has 0 radical (unpaired) electrons. The normalized spacial score (nSPS) is 12.1. The summed E-state index contributed by atoms with van der Waals surface area (Å²) in [4.78, 5) is 32.4. The first kappa shape index (κ1) is 20.9. The molecular weight excluding hydrogens is 410 g/mol. The SMILES string of the molecule is CC(c1ccccc1)n1c(SCC(=O)N(C)Cc2ccco2)nc2ccccc2c1=O. The van der Waals surface area contributed by atoms with Gasteiger partial charge in [0.1, 0.15) is 5.76 Å². The Morgan fingerprint density at radius 1 is 1.10 bits per heavy atom. The first-order chi connectivity index (χ1) is 15.0. The van der Waals surface area contributed by atoms with Crippen LogP contribution >= 0.6 is 11.8 Å². The Morgan fingerprint density at radius 2 is 1.84 bits per heavy atom. The van der Waals surface area contributed by atoms with Gasteiger partial charge in [0.05, 0.1) is 35.5 Å². The van der Waals surface area contributed by atoms with Gasteiger partial charge in [-0.15, -0.1) is 0 Å². The Kier molecular flexibility index (Phi) is 6.23. The van der Waals surface area contributed by atoms with E-state index in [1.165, 1.54) is 11.8 Å². The van der Waals surface area contributed by atoms with Crippen LogP contribution in [0.25, 0.3) is 10.9 Å². The molecule has 0 spiro atoms. The average Bonchev–Trinajstić information content (AvgIpc) is 3.31. The zero-order chi connectivity index (χ0) is 21.8. The molecule has 0 saturated carbocycles. The van der Waals surface area contributed by atoms with Crippen LogP contribution < -0.4 is 5.56 Å². The largest absolute Gasteiger partial charge is 0.467 e.